The molecule has 0 spiro atoms. The summed E-state index contributed by atoms with van der Waals surface area (Å²) in [5.74, 6) is 0. The molecule has 0 aromatic heterocycles. The lowest BCUT2D eigenvalue weighted by atomic mass is 10.2. The van der Waals surface area contributed by atoms with Crippen LogP contribution in [-0.4, -0.2) is 21.0 Å². The first kappa shape index (κ1) is 17.6. The highest BCUT2D eigenvalue weighted by Gasteiger charge is 2.36. The van der Waals surface area contributed by atoms with Crippen molar-refractivity contribution in [1.82, 2.24) is 0 Å². The lowest BCUT2D eigenvalue weighted by Gasteiger charge is -2.31. The molecule has 21 heavy (non-hydrogen) atoms. The second-order valence-electron chi connectivity index (χ2n) is 5.23. The van der Waals surface area contributed by atoms with E-state index in [2.05, 4.69) is 19.7 Å². The van der Waals surface area contributed by atoms with Gasteiger partial charge in [-0.05, 0) is 36.3 Å². The van der Waals surface area contributed by atoms with Crippen molar-refractivity contribution in [2.45, 2.75) is 30.0 Å². The highest BCUT2D eigenvalue weighted by Crippen LogP contribution is 2.26. The van der Waals surface area contributed by atoms with Crippen molar-refractivity contribution in [1.29, 1.82) is 0 Å². The maximum absolute atomic E-state index is 11.7. The van der Waals surface area contributed by atoms with E-state index < -0.39 is 18.2 Å². The molecule has 1 aromatic carbocycles. The van der Waals surface area contributed by atoms with Gasteiger partial charge in [-0.3, -0.25) is 4.55 Å². The van der Waals surface area contributed by atoms with E-state index in [0.717, 1.165) is 10.8 Å². The lowest BCUT2D eigenvalue weighted by Crippen LogP contribution is -2.48. The number of hydrogen-bond acceptors (Lipinski definition) is 2. The van der Waals surface area contributed by atoms with Crippen molar-refractivity contribution in [2.75, 3.05) is 0 Å². The minimum absolute atomic E-state index is 0.00492. The molecule has 0 amide bonds. The molecule has 1 aromatic rings. The summed E-state index contributed by atoms with van der Waals surface area (Å²) in [4.78, 5) is 0.00492. The van der Waals surface area contributed by atoms with Crippen molar-refractivity contribution >= 4 is 23.4 Å². The van der Waals surface area contributed by atoms with E-state index in [1.807, 2.05) is 31.2 Å². The van der Waals surface area contributed by atoms with Gasteiger partial charge in [0, 0.05) is 0 Å². The first-order valence-corrected chi connectivity index (χ1v) is 10.8. The molecule has 5 heteroatoms. The van der Waals surface area contributed by atoms with Crippen molar-refractivity contribution in [2.24, 2.45) is 0 Å². The summed E-state index contributed by atoms with van der Waals surface area (Å²) < 4.78 is 33.0. The van der Waals surface area contributed by atoms with Crippen LogP contribution in [-0.2, 0) is 10.1 Å². The number of aryl methyl sites for hydroxylation is 1. The minimum atomic E-state index is -4.26. The molecule has 0 radical (unpaired) electrons. The first-order chi connectivity index (χ1) is 9.80. The van der Waals surface area contributed by atoms with E-state index in [1.54, 1.807) is 6.07 Å². The Morgan fingerprint density at radius 3 is 1.95 bits per heavy atom. The van der Waals surface area contributed by atoms with Crippen LogP contribution in [0.3, 0.4) is 0 Å². The molecular weight excluding hydrogens is 300 g/mol. The summed E-state index contributed by atoms with van der Waals surface area (Å²) in [7, 11) is -6.51. The van der Waals surface area contributed by atoms with Gasteiger partial charge < -0.3 is 0 Å². The topological polar surface area (TPSA) is 54.4 Å². The van der Waals surface area contributed by atoms with E-state index in [1.165, 1.54) is 6.07 Å². The van der Waals surface area contributed by atoms with Crippen LogP contribution in [0.5, 0.6) is 0 Å². The van der Waals surface area contributed by atoms with Gasteiger partial charge in [0.2, 0.25) is 0 Å². The van der Waals surface area contributed by atoms with Crippen LogP contribution < -0.4 is 5.19 Å². The third-order valence-corrected chi connectivity index (χ3v) is 9.45. The molecule has 0 saturated carbocycles. The average molecular weight is 323 g/mol. The molecule has 3 nitrogen and oxygen atoms in total. The summed E-state index contributed by atoms with van der Waals surface area (Å²) >= 11 is 0. The van der Waals surface area contributed by atoms with Gasteiger partial charge >= 0.3 is 0 Å². The predicted molar refractivity (Wildman–Crippen MR) is 91.4 cm³/mol. The smallest absolute Gasteiger partial charge is 0.282 e. The van der Waals surface area contributed by atoms with Gasteiger partial charge in [-0.15, -0.1) is 19.7 Å². The van der Waals surface area contributed by atoms with Gasteiger partial charge in [0.25, 0.3) is 10.1 Å². The lowest BCUT2D eigenvalue weighted by molar-refractivity contribution is 0.484. The van der Waals surface area contributed by atoms with Crippen LogP contribution in [0.15, 0.2) is 61.1 Å². The van der Waals surface area contributed by atoms with Crippen LogP contribution in [0.25, 0.3) is 0 Å². The van der Waals surface area contributed by atoms with Crippen molar-refractivity contribution in [3.8, 4) is 0 Å². The molecule has 0 fully saturated rings. The third kappa shape index (κ3) is 4.03. The second kappa shape index (κ2) is 7.02. The molecular formula is C16H22O3SSi. The third-order valence-electron chi connectivity index (χ3n) is 3.59. The summed E-state index contributed by atoms with van der Waals surface area (Å²) in [5, 5.41) is 0.727. The first-order valence-electron chi connectivity index (χ1n) is 6.72. The molecule has 1 N–H and O–H groups in total. The maximum Gasteiger partial charge on any atom is 0.294 e. The fourth-order valence-electron chi connectivity index (χ4n) is 2.69. The Morgan fingerprint density at radius 1 is 1.10 bits per heavy atom. The van der Waals surface area contributed by atoms with Crippen molar-refractivity contribution < 1.29 is 13.0 Å². The largest absolute Gasteiger partial charge is 0.294 e. The Labute approximate surface area is 128 Å². The predicted octanol–water partition coefficient (Wildman–Crippen LogP) is 3.46. The number of hydrogen-bond donors (Lipinski definition) is 1. The van der Waals surface area contributed by atoms with Crippen molar-refractivity contribution in [3.63, 3.8) is 0 Å². The zero-order valence-corrected chi connectivity index (χ0v) is 14.2. The average Bonchev–Trinajstić information content (AvgIpc) is 2.38. The molecule has 0 aliphatic rings. The minimum Gasteiger partial charge on any atom is -0.282 e. The van der Waals surface area contributed by atoms with E-state index in [0.29, 0.717) is 18.1 Å². The Hall–Kier alpha value is -1.43. The fraction of sp³-hybridized carbons (Fsp3) is 0.250. The standard InChI is InChI=1S/C16H22O3SSi/c1-5-10-21(11-6-2,12-7-3)16-13-14(4)8-9-15(16)20(17,18)19/h5-9,13H,1-3,10-12H2,4H3,(H,17,18,19). The van der Waals surface area contributed by atoms with Gasteiger partial charge in [-0.2, -0.15) is 8.42 Å². The van der Waals surface area contributed by atoms with Gasteiger partial charge in [0.05, 0.1) is 13.0 Å². The van der Waals surface area contributed by atoms with Crippen LogP contribution in [0, 0.1) is 6.92 Å². The maximum atomic E-state index is 11.7. The molecule has 0 saturated heterocycles. The Morgan fingerprint density at radius 2 is 1.57 bits per heavy atom. The van der Waals surface area contributed by atoms with E-state index in [4.69, 9.17) is 0 Å². The van der Waals surface area contributed by atoms with E-state index in [-0.39, 0.29) is 4.90 Å². The molecule has 0 unspecified atom stereocenters. The Kier molecular flexibility index (Phi) is 5.89. The van der Waals surface area contributed by atoms with Gasteiger partial charge in [-0.1, -0.05) is 35.9 Å². The molecule has 0 atom stereocenters. The number of benzene rings is 1. The van der Waals surface area contributed by atoms with Gasteiger partial charge in [0.1, 0.15) is 0 Å². The monoisotopic (exact) mass is 322 g/mol. The molecule has 0 heterocycles. The summed E-state index contributed by atoms with van der Waals surface area (Å²) in [6.45, 7) is 13.3. The van der Waals surface area contributed by atoms with Gasteiger partial charge in [-0.25, -0.2) is 0 Å². The summed E-state index contributed by atoms with van der Waals surface area (Å²) in [6.07, 6.45) is 5.44. The molecule has 0 bridgehead atoms. The normalized spacial score (nSPS) is 11.9. The summed E-state index contributed by atoms with van der Waals surface area (Å²) in [6, 6.07) is 7.16. The highest BCUT2D eigenvalue weighted by molar-refractivity contribution is 7.86. The van der Waals surface area contributed by atoms with Crippen molar-refractivity contribution in [3.05, 3.63) is 61.7 Å². The Balaban J connectivity index is 3.69. The van der Waals surface area contributed by atoms with Gasteiger partial charge in [0.15, 0.2) is 0 Å². The quantitative estimate of drug-likeness (QED) is 0.453. The van der Waals surface area contributed by atoms with Crippen LogP contribution >= 0.6 is 0 Å². The highest BCUT2D eigenvalue weighted by atomic mass is 32.2. The summed E-state index contributed by atoms with van der Waals surface area (Å²) in [5.41, 5.74) is 0.964. The molecule has 114 valence electrons. The van der Waals surface area contributed by atoms with Crippen LogP contribution in [0.4, 0.5) is 0 Å². The fourth-order valence-corrected chi connectivity index (χ4v) is 8.26. The van der Waals surface area contributed by atoms with E-state index in [9.17, 15) is 13.0 Å². The molecule has 1 rings (SSSR count). The number of allylic oxidation sites excluding steroid dienone is 3. The van der Waals surface area contributed by atoms with Crippen LogP contribution in [0.2, 0.25) is 18.1 Å². The zero-order valence-electron chi connectivity index (χ0n) is 12.4. The Bertz CT molecular complexity index is 621. The molecule has 0 aliphatic carbocycles. The van der Waals surface area contributed by atoms with Crippen LogP contribution in [0.1, 0.15) is 5.56 Å². The zero-order chi connectivity index (χ0) is 16.1. The SMILES string of the molecule is C=CC[Si](CC=C)(CC=C)c1cc(C)ccc1S(=O)(=O)O. The second-order valence-corrected chi connectivity index (χ2v) is 10.9. The number of rotatable bonds is 8. The van der Waals surface area contributed by atoms with E-state index >= 15 is 0 Å². The molecule has 0 aliphatic heterocycles.